The molecule has 592 valence electrons. The molecule has 9 atom stereocenters. The van der Waals surface area contributed by atoms with Crippen molar-refractivity contribution in [3.63, 3.8) is 0 Å². The Hall–Kier alpha value is -5.43. The van der Waals surface area contributed by atoms with Gasteiger partial charge in [-0.3, -0.25) is 8.98 Å². The summed E-state index contributed by atoms with van der Waals surface area (Å²) in [6.45, 7) is 18.2. The van der Waals surface area contributed by atoms with E-state index >= 15 is 0 Å². The van der Waals surface area contributed by atoms with Crippen LogP contribution in [0.5, 0.6) is 23.0 Å². The maximum Gasteiger partial charge on any atom is 0.264 e. The topological polar surface area (TPSA) is 266 Å². The van der Waals surface area contributed by atoms with Crippen molar-refractivity contribution in [3.8, 4) is 23.0 Å². The lowest BCUT2D eigenvalue weighted by molar-refractivity contribution is -0.126. The highest BCUT2D eigenvalue weighted by Crippen LogP contribution is 2.37. The molecule has 8 saturated heterocycles. The monoisotopic (exact) mass is 1590 g/mol. The molecule has 8 heterocycles. The molecule has 1 amide bonds. The number of nitrogens with zero attached hydrogens (tertiary/aromatic N) is 4. The highest BCUT2D eigenvalue weighted by atomic mass is 35.5. The van der Waals surface area contributed by atoms with Crippen molar-refractivity contribution in [1.82, 2.24) is 20.0 Å². The molecule has 6 aromatic rings. The molecule has 0 radical (unpaired) electrons. The summed E-state index contributed by atoms with van der Waals surface area (Å²) in [6, 6.07) is 31.1. The fourth-order valence-corrected chi connectivity index (χ4v) is 13.9. The van der Waals surface area contributed by atoms with Gasteiger partial charge in [-0.25, -0.2) is 4.39 Å². The van der Waals surface area contributed by atoms with Crippen LogP contribution in [0.25, 0.3) is 10.8 Å². The number of aliphatic hydroxyl groups is 4. The fraction of sp³-hybridized carbons (Fsp3) is 0.551. The Morgan fingerprint density at radius 1 is 0.547 bits per heavy atom. The van der Waals surface area contributed by atoms with Gasteiger partial charge in [-0.2, -0.15) is 8.42 Å². The van der Waals surface area contributed by atoms with E-state index in [2.05, 4.69) is 31.8 Å². The number of rotatable bonds is 28. The lowest BCUT2D eigenvalue weighted by Crippen LogP contribution is -2.52. The van der Waals surface area contributed by atoms with Gasteiger partial charge in [0.1, 0.15) is 59.3 Å². The third-order valence-corrected chi connectivity index (χ3v) is 21.3. The Morgan fingerprint density at radius 3 is 1.33 bits per heavy atom. The first kappa shape index (κ1) is 81.6. The van der Waals surface area contributed by atoms with Crippen LogP contribution in [-0.2, 0) is 38.0 Å². The van der Waals surface area contributed by atoms with Gasteiger partial charge in [0.05, 0.1) is 116 Å². The average Bonchev–Trinajstić information content (AvgIpc) is 1.52. The van der Waals surface area contributed by atoms with Gasteiger partial charge >= 0.3 is 0 Å². The number of carbonyl (C=O) groups excluding carboxylic acids is 1. The lowest BCUT2D eigenvalue weighted by atomic mass is 9.96. The van der Waals surface area contributed by atoms with Crippen LogP contribution in [0.15, 0.2) is 109 Å². The first-order valence-electron chi connectivity index (χ1n) is 38.3. The van der Waals surface area contributed by atoms with E-state index in [1.165, 1.54) is 25.0 Å². The van der Waals surface area contributed by atoms with Crippen molar-refractivity contribution in [2.24, 2.45) is 23.5 Å². The van der Waals surface area contributed by atoms with Gasteiger partial charge < -0.3 is 89.0 Å². The van der Waals surface area contributed by atoms with Crippen molar-refractivity contribution in [2.75, 3.05) is 143 Å². The molecule has 0 spiro atoms. The van der Waals surface area contributed by atoms with Crippen LogP contribution in [0.2, 0.25) is 20.1 Å². The van der Waals surface area contributed by atoms with Gasteiger partial charge in [0.2, 0.25) is 5.91 Å². The molecule has 8 aliphatic heterocycles. The number of halogens is 5. The molecule has 28 heteroatoms. The Labute approximate surface area is 653 Å². The zero-order valence-electron chi connectivity index (χ0n) is 64.2. The normalized spacial score (nSPS) is 20.7. The number of nitrogens with two attached hydrogens (primary N) is 1. The summed E-state index contributed by atoms with van der Waals surface area (Å²) in [5.41, 5.74) is 9.89. The third-order valence-electron chi connectivity index (χ3n) is 19.6. The maximum absolute atomic E-state index is 13.6. The van der Waals surface area contributed by atoms with Crippen LogP contribution in [0.4, 0.5) is 10.1 Å². The number of hydrogen-bond acceptors (Lipinski definition) is 21. The van der Waals surface area contributed by atoms with E-state index in [0.717, 1.165) is 99.0 Å². The fourth-order valence-electron chi connectivity index (χ4n) is 12.5. The predicted molar refractivity (Wildman–Crippen MR) is 420 cm³/mol. The zero-order chi connectivity index (χ0) is 78.9. The van der Waals surface area contributed by atoms with E-state index in [4.69, 9.17) is 103 Å². The molecule has 0 aromatic heterocycles. The summed E-state index contributed by atoms with van der Waals surface area (Å²) < 4.78 is 113. The van der Waals surface area contributed by atoms with E-state index in [1.807, 2.05) is 48.5 Å². The molecule has 7 N–H and O–H groups in total. The zero-order valence-corrected chi connectivity index (χ0v) is 62.1. The van der Waals surface area contributed by atoms with Crippen molar-refractivity contribution in [1.29, 1.82) is 0 Å². The van der Waals surface area contributed by atoms with Crippen LogP contribution in [0.3, 0.4) is 0 Å². The number of fused-ring (bicyclic) bond motifs is 1. The van der Waals surface area contributed by atoms with E-state index < -0.39 is 46.5 Å². The van der Waals surface area contributed by atoms with Crippen molar-refractivity contribution >= 4 is 78.9 Å². The van der Waals surface area contributed by atoms with Gasteiger partial charge in [0.15, 0.2) is 0 Å². The molecule has 0 aliphatic carbocycles. The number of ether oxygens (including phenoxy) is 8. The van der Waals surface area contributed by atoms with E-state index in [0.29, 0.717) is 127 Å². The molecule has 6 aromatic carbocycles. The Morgan fingerprint density at radius 2 is 0.934 bits per heavy atom. The molecular formula is C78H113Cl4FN6O16S. The minimum atomic E-state index is -3.53. The molecule has 8 aliphatic rings. The second-order valence-electron chi connectivity index (χ2n) is 27.9. The van der Waals surface area contributed by atoms with Gasteiger partial charge in [-0.1, -0.05) is 119 Å². The second-order valence-corrected chi connectivity index (χ2v) is 31.2. The molecular weight excluding hydrogens is 1470 g/mol. The predicted octanol–water partition coefficient (Wildman–Crippen LogP) is 12.2. The van der Waals surface area contributed by atoms with Crippen molar-refractivity contribution in [2.45, 2.75) is 123 Å². The number of aliphatic hydroxyl groups excluding tert-OH is 4. The summed E-state index contributed by atoms with van der Waals surface area (Å²) in [5.74, 6) is 1.67. The number of anilines is 1. The number of carbonyl (C=O) groups is 1. The lowest BCUT2D eigenvalue weighted by Gasteiger charge is -2.36. The number of amides is 1. The molecule has 106 heavy (non-hydrogen) atoms. The number of nitrogens with one attached hydrogen (secondary N) is 1. The highest BCUT2D eigenvalue weighted by Gasteiger charge is 2.35. The molecule has 0 bridgehead atoms. The van der Waals surface area contributed by atoms with E-state index in [-0.39, 0.29) is 82.9 Å². The summed E-state index contributed by atoms with van der Waals surface area (Å²) in [4.78, 5) is 22.5. The second kappa shape index (κ2) is 40.5. The molecule has 0 unspecified atom stereocenters. The summed E-state index contributed by atoms with van der Waals surface area (Å²) in [7, 11) is -3.53. The number of hydrogen-bond donors (Lipinski definition) is 6. The molecule has 14 rings (SSSR count). The van der Waals surface area contributed by atoms with Gasteiger partial charge in [0.25, 0.3) is 10.1 Å². The van der Waals surface area contributed by atoms with Crippen LogP contribution >= 0.6 is 46.4 Å². The van der Waals surface area contributed by atoms with Gasteiger partial charge in [0, 0.05) is 59.3 Å². The van der Waals surface area contributed by atoms with Crippen LogP contribution in [0.1, 0.15) is 117 Å². The first-order valence-corrected chi connectivity index (χ1v) is 38.7. The highest BCUT2D eigenvalue weighted by molar-refractivity contribution is 7.86. The summed E-state index contributed by atoms with van der Waals surface area (Å²) >= 11 is 25.1. The van der Waals surface area contributed by atoms with Gasteiger partial charge in [-0.15, -0.1) is 0 Å². The average molecular weight is 1600 g/mol. The minimum absolute atomic E-state index is 0. The third kappa shape index (κ3) is 24.0. The van der Waals surface area contributed by atoms with Gasteiger partial charge in [-0.05, 0) is 177 Å². The Balaban J connectivity index is 0.000000269. The van der Waals surface area contributed by atoms with Crippen LogP contribution in [0, 0.1) is 23.6 Å². The van der Waals surface area contributed by atoms with Crippen LogP contribution < -0.4 is 34.9 Å². The number of benzene rings is 6. The minimum Gasteiger partial charge on any atom is -0.484 e. The summed E-state index contributed by atoms with van der Waals surface area (Å²) in [6.07, 6.45) is 2.47. The van der Waals surface area contributed by atoms with E-state index in [9.17, 15) is 38.0 Å². The van der Waals surface area contributed by atoms with E-state index in [1.54, 1.807) is 55.5 Å². The first-order chi connectivity index (χ1) is 52.4. The smallest absolute Gasteiger partial charge is 0.264 e. The number of likely N-dealkylation sites (tertiary alicyclic amines) is 3. The largest absolute Gasteiger partial charge is 0.484 e. The maximum atomic E-state index is 13.6. The molecule has 0 saturated carbocycles. The molecule has 8 fully saturated rings. The van der Waals surface area contributed by atoms with Crippen molar-refractivity contribution in [3.05, 3.63) is 157 Å². The summed E-state index contributed by atoms with van der Waals surface area (Å²) in [5, 5.41) is 49.2. The SMILES string of the molecule is C.C.C.C[C@H](CN1CCC1)[C@H](O)c1ccc(OC2COC2)c(Cl)c1.C[C@H](COS(C)(=O)=O)[C@H](O)c1ccc(OC2COC2)c(Cl)c1.N[C@H](CN1CCC1)[C@H](O)c1ccc(OC2COC2)c(Cl)c1.O=C(N[C@H](CN1CCC1)[C@H](O)c1ccc(OC2COC2)c(Cl)c1)[C@@H]1CCN(c2ccc3cc(F)ccc3c2)C1.[3H][3H].[3H][3H].[3H][3H]. The van der Waals surface area contributed by atoms with Crippen molar-refractivity contribution < 1.29 is 89.0 Å². The standard InChI is InChI=1S/C30H33ClFN3O4.C16H22ClNO3.C15H21ClN2O3.C14H19ClO6S.3CH4.3H2/c31-26-14-21(4-7-28(26)39-25-17-38-18-25)29(36)27(16-34-9-1-10-34)33-30(37)22-8-11-35(15-22)24-6-3-19-12-23(32)5-2-20(19)13-24;1-11(8-18-5-2-6-18)16(19)12-3-4-15(14(17)7-12)21-13-9-20-10-13;16-12-6-10(2-3-14(12)21-11-8-20-9-11)15(19)13(17)7-18-4-1-5-18;1-9(6-20-22(2,17)18)14(16)10-3-4-13(12(15)5-10)21-11-7-19-8-11;;;;;;/h2-7,12-14,22,25,27,29,36H,1,8-11,15-18H2,(H,33,37);3-4,7,11,13,16,19H,2,5-6,8-10H2,1H3;2-3,6,11,13,15,19H,1,4-5,7-9,17H2;3-5,9,11,14,16H,6-8H2,1-2H3;3*1H4;3*1H/t22-,27-,29-;11-,16+;13-,15-;9-,14+;;;;;;/m1111....../s1/i;;;;;;;3*1+2T. The quantitative estimate of drug-likeness (QED) is 0.0249. The Kier molecular flexibility index (Phi) is 31.2. The Bertz CT molecular complexity index is 3840. The molecule has 22 nitrogen and oxygen atoms in total. The van der Waals surface area contributed by atoms with Crippen LogP contribution in [-0.4, -0.2) is 224 Å².